The third kappa shape index (κ3) is 2.26. The van der Waals surface area contributed by atoms with Crippen molar-refractivity contribution in [1.29, 1.82) is 0 Å². The highest BCUT2D eigenvalue weighted by molar-refractivity contribution is 9.10. The van der Waals surface area contributed by atoms with Gasteiger partial charge in [-0.2, -0.15) is 0 Å². The van der Waals surface area contributed by atoms with Crippen molar-refractivity contribution < 1.29 is 9.21 Å². The number of nitrogens with one attached hydrogen (secondary N) is 1. The Labute approximate surface area is 123 Å². The fraction of sp³-hybridized carbons (Fsp3) is 0.462. The maximum atomic E-state index is 12.3. The van der Waals surface area contributed by atoms with E-state index in [2.05, 4.69) is 31.4 Å². The van der Waals surface area contributed by atoms with E-state index in [9.17, 15) is 4.79 Å². The van der Waals surface area contributed by atoms with Crippen LogP contribution in [-0.4, -0.2) is 20.7 Å². The van der Waals surface area contributed by atoms with Gasteiger partial charge in [-0.1, -0.05) is 5.10 Å². The Balaban J connectivity index is 1.54. The van der Waals surface area contributed by atoms with E-state index < -0.39 is 0 Å². The van der Waals surface area contributed by atoms with Crippen LogP contribution in [0.15, 0.2) is 21.2 Å². The first-order valence-electron chi connectivity index (χ1n) is 6.73. The van der Waals surface area contributed by atoms with Crippen molar-refractivity contribution in [2.45, 2.75) is 37.6 Å². The summed E-state index contributed by atoms with van der Waals surface area (Å²) in [6.07, 6.45) is 6.36. The fourth-order valence-electron chi connectivity index (χ4n) is 2.22. The Kier molecular flexibility index (Phi) is 2.70. The summed E-state index contributed by atoms with van der Waals surface area (Å²) in [6, 6.07) is 2.43. The molecule has 2 aliphatic carbocycles. The molecule has 2 aromatic rings. The predicted octanol–water partition coefficient (Wildman–Crippen LogP) is 3.10. The molecule has 6 nitrogen and oxygen atoms in total. The number of amides is 1. The lowest BCUT2D eigenvalue weighted by Gasteiger charge is -2.05. The van der Waals surface area contributed by atoms with Gasteiger partial charge in [-0.25, -0.2) is 0 Å². The minimum absolute atomic E-state index is 0.177. The normalized spacial score (nSPS) is 18.2. The zero-order valence-corrected chi connectivity index (χ0v) is 12.3. The van der Waals surface area contributed by atoms with Gasteiger partial charge in [-0.15, -0.1) is 5.10 Å². The van der Waals surface area contributed by atoms with Crippen LogP contribution in [0.5, 0.6) is 0 Å². The molecule has 0 unspecified atom stereocenters. The molecule has 0 aliphatic heterocycles. The Morgan fingerprint density at radius 3 is 2.85 bits per heavy atom. The molecule has 104 valence electrons. The van der Waals surface area contributed by atoms with Gasteiger partial charge in [0.25, 0.3) is 5.91 Å². The standard InChI is InChI=1S/C13H13BrN4O2/c14-8-5-10(18(6-8)9-3-4-9)11(19)15-13-17-16-12(20-13)7-1-2-7/h5-7,9H,1-4H2,(H,15,17,19). The molecule has 1 amide bonds. The smallest absolute Gasteiger partial charge is 0.322 e. The molecular formula is C13H13BrN4O2. The number of halogens is 1. The number of hydrogen-bond donors (Lipinski definition) is 1. The highest BCUT2D eigenvalue weighted by Crippen LogP contribution is 2.40. The van der Waals surface area contributed by atoms with E-state index in [1.165, 1.54) is 0 Å². The summed E-state index contributed by atoms with van der Waals surface area (Å²) in [5, 5.41) is 10.5. The summed E-state index contributed by atoms with van der Waals surface area (Å²) in [5.41, 5.74) is 0.616. The van der Waals surface area contributed by atoms with Gasteiger partial charge in [0, 0.05) is 22.6 Å². The fourth-order valence-corrected chi connectivity index (χ4v) is 2.66. The number of rotatable bonds is 4. The van der Waals surface area contributed by atoms with Crippen LogP contribution in [0.2, 0.25) is 0 Å². The first-order chi connectivity index (χ1) is 9.70. The molecular weight excluding hydrogens is 324 g/mol. The molecule has 2 aromatic heterocycles. The molecule has 2 fully saturated rings. The Hall–Kier alpha value is -1.63. The average Bonchev–Trinajstić information content (AvgIpc) is 3.35. The molecule has 2 aliphatic rings. The number of carbonyl (C=O) groups is 1. The first-order valence-corrected chi connectivity index (χ1v) is 7.52. The third-order valence-electron chi connectivity index (χ3n) is 3.58. The van der Waals surface area contributed by atoms with E-state index in [0.29, 0.717) is 23.5 Å². The van der Waals surface area contributed by atoms with Crippen molar-refractivity contribution in [3.63, 3.8) is 0 Å². The largest absolute Gasteiger partial charge is 0.408 e. The molecule has 0 radical (unpaired) electrons. The predicted molar refractivity (Wildman–Crippen MR) is 74.6 cm³/mol. The van der Waals surface area contributed by atoms with E-state index in [1.54, 1.807) is 0 Å². The Morgan fingerprint density at radius 1 is 1.35 bits per heavy atom. The third-order valence-corrected chi connectivity index (χ3v) is 4.01. The molecule has 20 heavy (non-hydrogen) atoms. The number of anilines is 1. The van der Waals surface area contributed by atoms with E-state index in [4.69, 9.17) is 4.42 Å². The Bertz CT molecular complexity index is 670. The van der Waals surface area contributed by atoms with Crippen molar-refractivity contribution in [3.8, 4) is 0 Å². The number of nitrogens with zero attached hydrogens (tertiary/aromatic N) is 3. The van der Waals surface area contributed by atoms with Crippen LogP contribution in [-0.2, 0) is 0 Å². The lowest BCUT2D eigenvalue weighted by Crippen LogP contribution is -2.16. The molecule has 2 saturated carbocycles. The lowest BCUT2D eigenvalue weighted by atomic mass is 10.4. The van der Waals surface area contributed by atoms with Gasteiger partial charge in [-0.05, 0) is 47.7 Å². The van der Waals surface area contributed by atoms with Crippen molar-refractivity contribution in [2.24, 2.45) is 0 Å². The summed E-state index contributed by atoms with van der Waals surface area (Å²) in [6.45, 7) is 0. The monoisotopic (exact) mass is 336 g/mol. The van der Waals surface area contributed by atoms with Crippen molar-refractivity contribution >= 4 is 27.9 Å². The molecule has 0 aromatic carbocycles. The molecule has 0 spiro atoms. The van der Waals surface area contributed by atoms with Gasteiger partial charge in [0.2, 0.25) is 5.89 Å². The zero-order valence-electron chi connectivity index (χ0n) is 10.7. The van der Waals surface area contributed by atoms with E-state index in [1.807, 2.05) is 16.8 Å². The van der Waals surface area contributed by atoms with Crippen LogP contribution in [0.3, 0.4) is 0 Å². The minimum Gasteiger partial charge on any atom is -0.408 e. The van der Waals surface area contributed by atoms with E-state index in [0.717, 1.165) is 30.2 Å². The molecule has 0 saturated heterocycles. The summed E-state index contributed by atoms with van der Waals surface area (Å²) in [4.78, 5) is 12.3. The van der Waals surface area contributed by atoms with Crippen LogP contribution in [0.25, 0.3) is 0 Å². The second kappa shape index (κ2) is 4.44. The van der Waals surface area contributed by atoms with E-state index in [-0.39, 0.29) is 11.9 Å². The van der Waals surface area contributed by atoms with E-state index >= 15 is 0 Å². The lowest BCUT2D eigenvalue weighted by molar-refractivity contribution is 0.101. The molecule has 0 bridgehead atoms. The van der Waals surface area contributed by atoms with Crippen LogP contribution < -0.4 is 5.32 Å². The molecule has 1 N–H and O–H groups in total. The Morgan fingerprint density at radius 2 is 2.15 bits per heavy atom. The zero-order chi connectivity index (χ0) is 13.7. The topological polar surface area (TPSA) is 73.0 Å². The van der Waals surface area contributed by atoms with Crippen molar-refractivity contribution in [3.05, 3.63) is 28.3 Å². The second-order valence-electron chi connectivity index (χ2n) is 5.36. The highest BCUT2D eigenvalue weighted by Gasteiger charge is 2.31. The number of aromatic nitrogens is 3. The molecule has 2 heterocycles. The quantitative estimate of drug-likeness (QED) is 0.930. The van der Waals surface area contributed by atoms with Gasteiger partial charge in [-0.3, -0.25) is 10.1 Å². The average molecular weight is 337 g/mol. The van der Waals surface area contributed by atoms with Crippen LogP contribution >= 0.6 is 15.9 Å². The summed E-state index contributed by atoms with van der Waals surface area (Å²) in [7, 11) is 0. The molecule has 4 rings (SSSR count). The highest BCUT2D eigenvalue weighted by atomic mass is 79.9. The van der Waals surface area contributed by atoms with Crippen LogP contribution in [0.1, 0.15) is 54.0 Å². The van der Waals surface area contributed by atoms with Crippen LogP contribution in [0.4, 0.5) is 6.01 Å². The second-order valence-corrected chi connectivity index (χ2v) is 6.27. The number of carbonyl (C=O) groups excluding carboxylic acids is 1. The van der Waals surface area contributed by atoms with Crippen LogP contribution in [0, 0.1) is 0 Å². The molecule has 7 heteroatoms. The minimum atomic E-state index is -0.214. The SMILES string of the molecule is O=C(Nc1nnc(C2CC2)o1)c1cc(Br)cn1C1CC1. The summed E-state index contributed by atoms with van der Waals surface area (Å²) >= 11 is 3.41. The maximum absolute atomic E-state index is 12.3. The van der Waals surface area contributed by atoms with Gasteiger partial charge in [0.05, 0.1) is 0 Å². The van der Waals surface area contributed by atoms with Gasteiger partial charge < -0.3 is 8.98 Å². The summed E-state index contributed by atoms with van der Waals surface area (Å²) < 4.78 is 8.35. The van der Waals surface area contributed by atoms with Gasteiger partial charge >= 0.3 is 6.01 Å². The maximum Gasteiger partial charge on any atom is 0.322 e. The van der Waals surface area contributed by atoms with Gasteiger partial charge in [0.15, 0.2) is 0 Å². The molecule has 0 atom stereocenters. The van der Waals surface area contributed by atoms with Gasteiger partial charge in [0.1, 0.15) is 5.69 Å². The summed E-state index contributed by atoms with van der Waals surface area (Å²) in [5.74, 6) is 0.797. The first kappa shape index (κ1) is 12.1. The van der Waals surface area contributed by atoms with Crippen molar-refractivity contribution in [1.82, 2.24) is 14.8 Å². The van der Waals surface area contributed by atoms with Crippen molar-refractivity contribution in [2.75, 3.05) is 5.32 Å². The number of hydrogen-bond acceptors (Lipinski definition) is 4.